The van der Waals surface area contributed by atoms with E-state index in [0.717, 1.165) is 37.7 Å². The number of nitrogens with zero attached hydrogens (tertiary/aromatic N) is 1. The number of ether oxygens (including phenoxy) is 2. The lowest BCUT2D eigenvalue weighted by Crippen LogP contribution is -2.52. The highest BCUT2D eigenvalue weighted by atomic mass is 16.5. The lowest BCUT2D eigenvalue weighted by Gasteiger charge is -2.31. The van der Waals surface area contributed by atoms with Crippen molar-refractivity contribution in [1.82, 2.24) is 10.2 Å². The van der Waals surface area contributed by atoms with E-state index in [2.05, 4.69) is 12.2 Å². The van der Waals surface area contributed by atoms with Crippen molar-refractivity contribution in [3.63, 3.8) is 0 Å². The van der Waals surface area contributed by atoms with Gasteiger partial charge in [-0.05, 0) is 64.0 Å². The van der Waals surface area contributed by atoms with Gasteiger partial charge in [0.05, 0.1) is 25.2 Å². The molecule has 0 bridgehead atoms. The third-order valence-electron chi connectivity index (χ3n) is 8.13. The lowest BCUT2D eigenvalue weighted by molar-refractivity contribution is -0.155. The molecule has 3 rings (SSSR count). The number of fused-ring (bicyclic) bond motifs is 1. The number of hydrogen-bond donors (Lipinski definition) is 1. The number of carbonyl (C=O) groups is 3. The maximum Gasteiger partial charge on any atom is 0.328 e. The zero-order valence-corrected chi connectivity index (χ0v) is 23.7. The number of carbonyl (C=O) groups excluding carboxylic acids is 3. The fourth-order valence-corrected chi connectivity index (χ4v) is 6.07. The van der Waals surface area contributed by atoms with E-state index in [0.29, 0.717) is 38.5 Å². The van der Waals surface area contributed by atoms with Crippen molar-refractivity contribution in [3.8, 4) is 0 Å². The van der Waals surface area contributed by atoms with Crippen LogP contribution in [0.25, 0.3) is 0 Å². The number of amides is 1. The molecule has 38 heavy (non-hydrogen) atoms. The molecule has 212 valence electrons. The minimum absolute atomic E-state index is 0.0479. The molecule has 0 spiro atoms. The van der Waals surface area contributed by atoms with Crippen LogP contribution in [0.2, 0.25) is 0 Å². The van der Waals surface area contributed by atoms with Gasteiger partial charge in [-0.15, -0.1) is 0 Å². The van der Waals surface area contributed by atoms with E-state index in [1.54, 1.807) is 6.92 Å². The van der Waals surface area contributed by atoms with Crippen LogP contribution >= 0.6 is 0 Å². The number of hydrogen-bond acceptors (Lipinski definition) is 6. The van der Waals surface area contributed by atoms with Gasteiger partial charge in [-0.2, -0.15) is 0 Å². The normalized spacial score (nSPS) is 22.1. The van der Waals surface area contributed by atoms with Crippen LogP contribution in [0.15, 0.2) is 30.3 Å². The Morgan fingerprint density at radius 3 is 2.47 bits per heavy atom. The molecule has 1 heterocycles. The number of nitrogens with one attached hydrogen (secondary N) is 1. The molecule has 1 saturated carbocycles. The summed E-state index contributed by atoms with van der Waals surface area (Å²) in [5.74, 6) is -0.556. The van der Waals surface area contributed by atoms with Crippen LogP contribution in [0.4, 0.5) is 0 Å². The van der Waals surface area contributed by atoms with Gasteiger partial charge in [-0.1, -0.05) is 75.8 Å². The highest BCUT2D eigenvalue weighted by molar-refractivity contribution is 5.88. The molecule has 0 aromatic heterocycles. The Morgan fingerprint density at radius 2 is 1.74 bits per heavy atom. The third-order valence-corrected chi connectivity index (χ3v) is 8.13. The Bertz CT molecular complexity index is 876. The first-order valence-corrected chi connectivity index (χ1v) is 14.9. The summed E-state index contributed by atoms with van der Waals surface area (Å²) in [6.45, 7) is 7.11. The van der Waals surface area contributed by atoms with Crippen LogP contribution < -0.4 is 5.32 Å². The monoisotopic (exact) mass is 528 g/mol. The maximum absolute atomic E-state index is 13.6. The van der Waals surface area contributed by atoms with Crippen molar-refractivity contribution < 1.29 is 23.9 Å². The second-order valence-corrected chi connectivity index (χ2v) is 10.9. The Morgan fingerprint density at radius 1 is 1.00 bits per heavy atom. The van der Waals surface area contributed by atoms with Crippen LogP contribution in [0, 0.1) is 5.92 Å². The predicted molar refractivity (Wildman–Crippen MR) is 149 cm³/mol. The van der Waals surface area contributed by atoms with Gasteiger partial charge in [0.15, 0.2) is 0 Å². The van der Waals surface area contributed by atoms with Crippen LogP contribution in [-0.2, 0) is 23.9 Å². The van der Waals surface area contributed by atoms with Gasteiger partial charge in [0.25, 0.3) is 0 Å². The standard InChI is InChI=1S/C31H48N2O5/c1-4-6-7-8-9-13-21-38-31(36)28-22-25-17-14-18-27(25)33(28)29(34)23(3)32-20-19-26(30(35)37-5-2)24-15-11-10-12-16-24/h10-12,15-16,23,25-28,32H,4-9,13-14,17-22H2,1-3H3/t23-,25+,26?,27+,28+/m1/s1. The SMILES string of the molecule is CCCCCCCCOC(=O)[C@@H]1C[C@@H]2CCC[C@@H]2N1C(=O)[C@@H](C)NCCC(C(=O)OCC)c1ccccc1. The zero-order valence-electron chi connectivity index (χ0n) is 23.7. The zero-order chi connectivity index (χ0) is 27.3. The number of benzene rings is 1. The summed E-state index contributed by atoms with van der Waals surface area (Å²) in [6, 6.07) is 8.79. The molecule has 1 aliphatic heterocycles. The van der Waals surface area contributed by atoms with Gasteiger partial charge in [0.2, 0.25) is 5.91 Å². The molecule has 2 aliphatic rings. The van der Waals surface area contributed by atoms with E-state index in [-0.39, 0.29) is 29.8 Å². The first-order valence-electron chi connectivity index (χ1n) is 14.9. The van der Waals surface area contributed by atoms with Crippen LogP contribution in [0.1, 0.15) is 103 Å². The summed E-state index contributed by atoms with van der Waals surface area (Å²) in [7, 11) is 0. The molecule has 1 unspecified atom stereocenters. The summed E-state index contributed by atoms with van der Waals surface area (Å²) in [5.41, 5.74) is 0.910. The van der Waals surface area contributed by atoms with E-state index < -0.39 is 12.1 Å². The van der Waals surface area contributed by atoms with Gasteiger partial charge in [-0.25, -0.2) is 4.79 Å². The van der Waals surface area contributed by atoms with Gasteiger partial charge >= 0.3 is 11.9 Å². The maximum atomic E-state index is 13.6. The number of unbranched alkanes of at least 4 members (excludes halogenated alkanes) is 5. The summed E-state index contributed by atoms with van der Waals surface area (Å²) in [4.78, 5) is 41.1. The number of rotatable bonds is 16. The molecule has 1 aromatic rings. The molecular weight excluding hydrogens is 480 g/mol. The van der Waals surface area contributed by atoms with Crippen molar-refractivity contribution in [3.05, 3.63) is 35.9 Å². The molecule has 1 aromatic carbocycles. The second-order valence-electron chi connectivity index (χ2n) is 10.9. The van der Waals surface area contributed by atoms with Gasteiger partial charge in [-0.3, -0.25) is 9.59 Å². The van der Waals surface area contributed by atoms with E-state index in [1.165, 1.54) is 25.7 Å². The smallest absolute Gasteiger partial charge is 0.328 e. The first kappa shape index (κ1) is 30.1. The summed E-state index contributed by atoms with van der Waals surface area (Å²) >= 11 is 0. The molecule has 1 saturated heterocycles. The molecule has 2 fully saturated rings. The van der Waals surface area contributed by atoms with Crippen LogP contribution in [0.5, 0.6) is 0 Å². The fourth-order valence-electron chi connectivity index (χ4n) is 6.07. The molecular formula is C31H48N2O5. The largest absolute Gasteiger partial charge is 0.466 e. The van der Waals surface area contributed by atoms with Crippen molar-refractivity contribution in [2.45, 2.75) is 115 Å². The van der Waals surface area contributed by atoms with Crippen LogP contribution in [-0.4, -0.2) is 60.6 Å². The molecule has 7 nitrogen and oxygen atoms in total. The Balaban J connectivity index is 1.54. The molecule has 0 radical (unpaired) electrons. The highest BCUT2D eigenvalue weighted by Gasteiger charge is 2.49. The first-order chi connectivity index (χ1) is 18.5. The van der Waals surface area contributed by atoms with Crippen LogP contribution in [0.3, 0.4) is 0 Å². The quantitative estimate of drug-likeness (QED) is 0.229. The molecule has 5 atom stereocenters. The predicted octanol–water partition coefficient (Wildman–Crippen LogP) is 5.37. The minimum Gasteiger partial charge on any atom is -0.466 e. The second kappa shape index (κ2) is 15.9. The van der Waals surface area contributed by atoms with Gasteiger partial charge in [0, 0.05) is 6.04 Å². The van der Waals surface area contributed by atoms with Gasteiger partial charge < -0.3 is 19.7 Å². The van der Waals surface area contributed by atoms with Gasteiger partial charge in [0.1, 0.15) is 6.04 Å². The third kappa shape index (κ3) is 8.29. The highest BCUT2D eigenvalue weighted by Crippen LogP contribution is 2.42. The van der Waals surface area contributed by atoms with E-state index >= 15 is 0 Å². The molecule has 7 heteroatoms. The average molecular weight is 529 g/mol. The Kier molecular flexibility index (Phi) is 12.6. The van der Waals surface area contributed by atoms with Crippen molar-refractivity contribution in [1.29, 1.82) is 0 Å². The summed E-state index contributed by atoms with van der Waals surface area (Å²) in [5, 5.41) is 3.32. The molecule has 1 N–H and O–H groups in total. The molecule has 1 amide bonds. The Labute approximate surface area is 229 Å². The van der Waals surface area contributed by atoms with Crippen molar-refractivity contribution in [2.24, 2.45) is 5.92 Å². The fraction of sp³-hybridized carbons (Fsp3) is 0.710. The number of esters is 2. The lowest BCUT2D eigenvalue weighted by atomic mass is 9.95. The Hall–Kier alpha value is -2.41. The van der Waals surface area contributed by atoms with E-state index in [9.17, 15) is 14.4 Å². The number of likely N-dealkylation sites (tertiary alicyclic amines) is 1. The minimum atomic E-state index is -0.487. The van der Waals surface area contributed by atoms with E-state index in [1.807, 2.05) is 42.2 Å². The summed E-state index contributed by atoms with van der Waals surface area (Å²) in [6.07, 6.45) is 11.2. The van der Waals surface area contributed by atoms with Crippen molar-refractivity contribution >= 4 is 17.8 Å². The topological polar surface area (TPSA) is 84.9 Å². The average Bonchev–Trinajstić information content (AvgIpc) is 3.52. The van der Waals surface area contributed by atoms with E-state index in [4.69, 9.17) is 9.47 Å². The summed E-state index contributed by atoms with van der Waals surface area (Å²) < 4.78 is 11.0. The van der Waals surface area contributed by atoms with Crippen molar-refractivity contribution in [2.75, 3.05) is 19.8 Å². The molecule has 1 aliphatic carbocycles.